The monoisotopic (exact) mass is 379 g/mol. The normalized spacial score (nSPS) is 14.2. The summed E-state index contributed by atoms with van der Waals surface area (Å²) >= 11 is 1.43. The molecule has 0 aliphatic heterocycles. The molecule has 1 heterocycles. The molecule has 0 radical (unpaired) electrons. The van der Waals surface area contributed by atoms with Gasteiger partial charge in [-0.05, 0) is 48.7 Å². The van der Waals surface area contributed by atoms with Crippen molar-refractivity contribution in [1.29, 1.82) is 0 Å². The lowest BCUT2D eigenvalue weighted by molar-refractivity contribution is -0.137. The molecule has 26 heavy (non-hydrogen) atoms. The molecule has 0 aliphatic carbocycles. The summed E-state index contributed by atoms with van der Waals surface area (Å²) in [5.74, 6) is -0.542. The van der Waals surface area contributed by atoms with Gasteiger partial charge in [-0.2, -0.15) is 13.2 Å². The van der Waals surface area contributed by atoms with Crippen LogP contribution in [0.4, 0.5) is 13.2 Å². The highest BCUT2D eigenvalue weighted by atomic mass is 32.1. The van der Waals surface area contributed by atoms with Crippen molar-refractivity contribution in [2.45, 2.75) is 18.7 Å². The van der Waals surface area contributed by atoms with Gasteiger partial charge >= 0.3 is 6.18 Å². The van der Waals surface area contributed by atoms with E-state index in [0.29, 0.717) is 4.88 Å². The van der Waals surface area contributed by atoms with E-state index in [-0.39, 0.29) is 12.1 Å². The van der Waals surface area contributed by atoms with E-state index < -0.39 is 23.2 Å². The molecule has 0 saturated carbocycles. The quantitative estimate of drug-likeness (QED) is 0.698. The van der Waals surface area contributed by atoms with Gasteiger partial charge in [-0.1, -0.05) is 18.2 Å². The summed E-state index contributed by atoms with van der Waals surface area (Å²) in [4.78, 5) is 12.9. The maximum absolute atomic E-state index is 12.6. The van der Waals surface area contributed by atoms with E-state index in [1.54, 1.807) is 6.92 Å². The van der Waals surface area contributed by atoms with Crippen LogP contribution in [0, 0.1) is 0 Å². The maximum atomic E-state index is 12.6. The van der Waals surface area contributed by atoms with Crippen LogP contribution in [0.2, 0.25) is 0 Å². The van der Waals surface area contributed by atoms with Crippen LogP contribution in [-0.2, 0) is 11.8 Å². The van der Waals surface area contributed by atoms with Crippen LogP contribution < -0.4 is 5.32 Å². The number of carbonyl (C=O) groups excluding carboxylic acids is 1. The van der Waals surface area contributed by atoms with Crippen molar-refractivity contribution >= 4 is 27.3 Å². The van der Waals surface area contributed by atoms with Crippen molar-refractivity contribution in [3.63, 3.8) is 0 Å². The summed E-state index contributed by atoms with van der Waals surface area (Å²) in [5, 5.41) is 14.3. The van der Waals surface area contributed by atoms with E-state index in [9.17, 15) is 23.1 Å². The molecular weight excluding hydrogens is 363 g/mol. The minimum atomic E-state index is -4.44. The molecule has 1 atom stereocenters. The number of fused-ring (bicyclic) bond motifs is 1. The molecule has 3 nitrogen and oxygen atoms in total. The fraction of sp³-hybridized carbons (Fsp3) is 0.211. The number of halogens is 3. The van der Waals surface area contributed by atoms with E-state index in [1.807, 2.05) is 30.3 Å². The highest BCUT2D eigenvalue weighted by Gasteiger charge is 2.30. The summed E-state index contributed by atoms with van der Waals surface area (Å²) in [7, 11) is 0. The molecule has 0 saturated heterocycles. The lowest BCUT2D eigenvalue weighted by Crippen LogP contribution is -2.38. The zero-order valence-electron chi connectivity index (χ0n) is 13.8. The molecule has 1 aromatic heterocycles. The van der Waals surface area contributed by atoms with E-state index in [0.717, 1.165) is 34.4 Å². The van der Waals surface area contributed by atoms with Gasteiger partial charge < -0.3 is 10.4 Å². The van der Waals surface area contributed by atoms with E-state index in [1.165, 1.54) is 11.3 Å². The van der Waals surface area contributed by atoms with Crippen LogP contribution in [0.15, 0.2) is 54.6 Å². The van der Waals surface area contributed by atoms with Gasteiger partial charge in [0.1, 0.15) is 5.60 Å². The molecule has 0 spiro atoms. The average Bonchev–Trinajstić information content (AvgIpc) is 3.04. The fourth-order valence-electron chi connectivity index (χ4n) is 2.50. The van der Waals surface area contributed by atoms with Crippen LogP contribution in [0.25, 0.3) is 10.1 Å². The molecule has 1 amide bonds. The lowest BCUT2D eigenvalue weighted by Gasteiger charge is -2.22. The molecule has 2 N–H and O–H groups in total. The van der Waals surface area contributed by atoms with Gasteiger partial charge in [0.2, 0.25) is 0 Å². The van der Waals surface area contributed by atoms with Gasteiger partial charge in [0, 0.05) is 15.1 Å². The van der Waals surface area contributed by atoms with Crippen molar-refractivity contribution in [3.05, 3.63) is 70.6 Å². The number of alkyl halides is 3. The molecule has 0 aliphatic rings. The Bertz CT molecular complexity index is 897. The highest BCUT2D eigenvalue weighted by molar-refractivity contribution is 7.19. The van der Waals surface area contributed by atoms with Crippen LogP contribution in [0.3, 0.4) is 0 Å². The van der Waals surface area contributed by atoms with Gasteiger partial charge in [-0.15, -0.1) is 11.3 Å². The van der Waals surface area contributed by atoms with Crippen molar-refractivity contribution < 1.29 is 23.1 Å². The summed E-state index contributed by atoms with van der Waals surface area (Å²) in [5.41, 5.74) is -2.00. The second kappa shape index (κ2) is 6.74. The summed E-state index contributed by atoms with van der Waals surface area (Å²) in [6.07, 6.45) is -4.44. The number of aliphatic hydroxyl groups is 1. The largest absolute Gasteiger partial charge is 0.416 e. The average molecular weight is 379 g/mol. The smallest absolute Gasteiger partial charge is 0.383 e. The molecule has 136 valence electrons. The van der Waals surface area contributed by atoms with Crippen molar-refractivity contribution in [2.24, 2.45) is 0 Å². The van der Waals surface area contributed by atoms with E-state index >= 15 is 0 Å². The zero-order chi connectivity index (χ0) is 18.9. The third kappa shape index (κ3) is 3.89. The number of thiophene rings is 1. The van der Waals surface area contributed by atoms with Crippen LogP contribution in [-0.4, -0.2) is 17.6 Å². The standard InChI is InChI=1S/C19H16F3NO2S/c1-18(25,16-10-13-4-2-3-5-15(13)26-16)11-23-17(24)12-6-8-14(9-7-12)19(20,21)22/h2-10,25H,11H2,1H3,(H,23,24). The maximum Gasteiger partial charge on any atom is 0.416 e. The van der Waals surface area contributed by atoms with E-state index in [4.69, 9.17) is 0 Å². The Balaban J connectivity index is 1.69. The third-order valence-electron chi connectivity index (χ3n) is 4.02. The van der Waals surface area contributed by atoms with Crippen LogP contribution in [0.1, 0.15) is 27.7 Å². The first-order valence-corrected chi connectivity index (χ1v) is 8.65. The number of hydrogen-bond acceptors (Lipinski definition) is 3. The van der Waals surface area contributed by atoms with Crippen LogP contribution >= 0.6 is 11.3 Å². The molecule has 3 aromatic rings. The second-order valence-electron chi connectivity index (χ2n) is 6.18. The van der Waals surface area contributed by atoms with Gasteiger partial charge in [-0.3, -0.25) is 4.79 Å². The molecule has 2 aromatic carbocycles. The first kappa shape index (κ1) is 18.4. The number of benzene rings is 2. The molecule has 1 unspecified atom stereocenters. The van der Waals surface area contributed by atoms with Gasteiger partial charge in [0.15, 0.2) is 0 Å². The Kier molecular flexibility index (Phi) is 4.77. The first-order valence-electron chi connectivity index (χ1n) is 7.84. The van der Waals surface area contributed by atoms with Gasteiger partial charge in [0.05, 0.1) is 12.1 Å². The zero-order valence-corrected chi connectivity index (χ0v) is 14.6. The number of hydrogen-bond donors (Lipinski definition) is 2. The van der Waals surface area contributed by atoms with Crippen molar-refractivity contribution in [1.82, 2.24) is 5.32 Å². The molecular formula is C19H16F3NO2S. The van der Waals surface area contributed by atoms with Crippen LogP contribution in [0.5, 0.6) is 0 Å². The van der Waals surface area contributed by atoms with Crippen molar-refractivity contribution in [3.8, 4) is 0 Å². The Morgan fingerprint density at radius 1 is 1.12 bits per heavy atom. The Hall–Kier alpha value is -2.38. The molecule has 3 rings (SSSR count). The lowest BCUT2D eigenvalue weighted by atomic mass is 10.0. The third-order valence-corrected chi connectivity index (χ3v) is 5.39. The van der Waals surface area contributed by atoms with Crippen molar-refractivity contribution in [2.75, 3.05) is 6.54 Å². The number of rotatable bonds is 4. The van der Waals surface area contributed by atoms with Gasteiger partial charge in [0.25, 0.3) is 5.91 Å². The number of amides is 1. The predicted octanol–water partition coefficient (Wildman–Crippen LogP) is 4.56. The Morgan fingerprint density at radius 2 is 1.77 bits per heavy atom. The minimum Gasteiger partial charge on any atom is -0.383 e. The number of nitrogens with one attached hydrogen (secondary N) is 1. The second-order valence-corrected chi connectivity index (χ2v) is 7.26. The molecule has 0 bridgehead atoms. The Morgan fingerprint density at radius 3 is 2.38 bits per heavy atom. The topological polar surface area (TPSA) is 49.3 Å². The minimum absolute atomic E-state index is 0.0559. The summed E-state index contributed by atoms with van der Waals surface area (Å²) in [6, 6.07) is 13.5. The van der Waals surface area contributed by atoms with Gasteiger partial charge in [-0.25, -0.2) is 0 Å². The number of carbonyl (C=O) groups is 1. The highest BCUT2D eigenvalue weighted by Crippen LogP contribution is 2.33. The summed E-state index contributed by atoms with van der Waals surface area (Å²) < 4.78 is 38.7. The predicted molar refractivity (Wildman–Crippen MR) is 95.2 cm³/mol. The fourth-order valence-corrected chi connectivity index (χ4v) is 3.61. The van der Waals surface area contributed by atoms with E-state index in [2.05, 4.69) is 5.32 Å². The SMILES string of the molecule is CC(O)(CNC(=O)c1ccc(C(F)(F)F)cc1)c1cc2ccccc2s1. The summed E-state index contributed by atoms with van der Waals surface area (Å²) in [6.45, 7) is 1.53. The Labute approximate surface area is 152 Å². The molecule has 0 fully saturated rings. The molecule has 7 heteroatoms. The first-order chi connectivity index (χ1) is 12.2.